The number of benzene rings is 4. The molecule has 0 bridgehead atoms. The Morgan fingerprint density at radius 2 is 1.14 bits per heavy atom. The van der Waals surface area contributed by atoms with Crippen LogP contribution < -0.4 is 10.6 Å². The van der Waals surface area contributed by atoms with Gasteiger partial charge in [-0.1, -0.05) is 99.6 Å². The first-order chi connectivity index (χ1) is 16.8. The zero-order valence-corrected chi connectivity index (χ0v) is 20.3. The molecule has 0 saturated heterocycles. The molecular weight excluding hydrogens is 432 g/mol. The fourth-order valence-electron chi connectivity index (χ4n) is 4.00. The van der Waals surface area contributed by atoms with Crippen molar-refractivity contribution >= 4 is 23.2 Å². The molecule has 0 spiro atoms. The van der Waals surface area contributed by atoms with Crippen molar-refractivity contribution in [3.63, 3.8) is 0 Å². The molecule has 0 atom stereocenters. The van der Waals surface area contributed by atoms with E-state index in [0.29, 0.717) is 16.9 Å². The highest BCUT2D eigenvalue weighted by Crippen LogP contribution is 2.27. The number of carbonyl (C=O) groups is 2. The number of nitrogens with one attached hydrogen (secondary N) is 2. The molecule has 0 unspecified atom stereocenters. The average molecular weight is 463 g/mol. The fraction of sp³-hybridized carbons (Fsp3) is 0.161. The van der Waals surface area contributed by atoms with Crippen molar-refractivity contribution in [1.82, 2.24) is 0 Å². The van der Waals surface area contributed by atoms with Crippen molar-refractivity contribution in [3.05, 3.63) is 131 Å². The summed E-state index contributed by atoms with van der Waals surface area (Å²) in [6, 6.07) is 34.3. The van der Waals surface area contributed by atoms with Crippen LogP contribution in [0.15, 0.2) is 109 Å². The highest BCUT2D eigenvalue weighted by molar-refractivity contribution is 6.05. The first-order valence-corrected chi connectivity index (χ1v) is 11.7. The van der Waals surface area contributed by atoms with Crippen molar-refractivity contribution in [2.24, 2.45) is 0 Å². The molecule has 176 valence electrons. The maximum absolute atomic E-state index is 13.4. The third-order valence-electron chi connectivity index (χ3n) is 5.93. The molecule has 0 aliphatic heterocycles. The molecule has 4 aromatic carbocycles. The van der Waals surface area contributed by atoms with E-state index in [1.54, 1.807) is 6.07 Å². The molecule has 4 heteroatoms. The van der Waals surface area contributed by atoms with Gasteiger partial charge in [0.1, 0.15) is 0 Å². The molecule has 0 heterocycles. The molecule has 0 aliphatic carbocycles. The van der Waals surface area contributed by atoms with Crippen LogP contribution in [0.1, 0.15) is 53.7 Å². The third-order valence-corrected chi connectivity index (χ3v) is 5.93. The van der Waals surface area contributed by atoms with Gasteiger partial charge in [-0.15, -0.1) is 0 Å². The van der Waals surface area contributed by atoms with Crippen LogP contribution in [-0.4, -0.2) is 11.8 Å². The van der Waals surface area contributed by atoms with Crippen molar-refractivity contribution < 1.29 is 9.59 Å². The Kier molecular flexibility index (Phi) is 7.11. The zero-order chi connectivity index (χ0) is 24.8. The highest BCUT2D eigenvalue weighted by Gasteiger charge is 2.23. The molecule has 4 nitrogen and oxygen atoms in total. The minimum atomic E-state index is -0.447. The number of anilines is 2. The van der Waals surface area contributed by atoms with Crippen LogP contribution in [0, 0.1) is 0 Å². The summed E-state index contributed by atoms with van der Waals surface area (Å²) in [6.07, 6.45) is 0. The van der Waals surface area contributed by atoms with Crippen molar-refractivity contribution in [1.29, 1.82) is 0 Å². The van der Waals surface area contributed by atoms with E-state index in [-0.39, 0.29) is 17.2 Å². The van der Waals surface area contributed by atoms with E-state index in [2.05, 4.69) is 31.4 Å². The van der Waals surface area contributed by atoms with Gasteiger partial charge in [0.2, 0.25) is 5.91 Å². The minimum absolute atomic E-state index is 0.0267. The van der Waals surface area contributed by atoms with E-state index in [1.807, 2.05) is 103 Å². The second-order valence-electron chi connectivity index (χ2n) is 9.61. The summed E-state index contributed by atoms with van der Waals surface area (Å²) >= 11 is 0. The first-order valence-electron chi connectivity index (χ1n) is 11.7. The number of carbonyl (C=O) groups excluding carboxylic acids is 2. The summed E-state index contributed by atoms with van der Waals surface area (Å²) in [6.45, 7) is 6.42. The molecule has 0 radical (unpaired) electrons. The van der Waals surface area contributed by atoms with E-state index in [0.717, 1.165) is 11.1 Å². The van der Waals surface area contributed by atoms with E-state index in [1.165, 1.54) is 5.56 Å². The summed E-state index contributed by atoms with van der Waals surface area (Å²) in [5, 5.41) is 5.96. The maximum atomic E-state index is 13.4. The summed E-state index contributed by atoms with van der Waals surface area (Å²) in [4.78, 5) is 26.2. The quantitative estimate of drug-likeness (QED) is 0.324. The Bertz CT molecular complexity index is 1250. The standard InChI is InChI=1S/C31H30N2O2/c1-31(2,3)25-19-17-24(18-20-25)29(34)32-26-15-10-16-27(21-26)33-30(35)28(22-11-6-4-7-12-22)23-13-8-5-9-14-23/h4-21,28H,1-3H3,(H,32,34)(H,33,35). The van der Waals surface area contributed by atoms with Gasteiger partial charge < -0.3 is 10.6 Å². The second-order valence-corrected chi connectivity index (χ2v) is 9.61. The predicted octanol–water partition coefficient (Wildman–Crippen LogP) is 7.01. The van der Waals surface area contributed by atoms with Crippen LogP contribution in [0.25, 0.3) is 0 Å². The Balaban J connectivity index is 1.50. The number of rotatable bonds is 6. The lowest BCUT2D eigenvalue weighted by atomic mass is 9.87. The Hall–Kier alpha value is -4.18. The average Bonchev–Trinajstić information content (AvgIpc) is 2.85. The Labute approximate surface area is 207 Å². The van der Waals surface area contributed by atoms with Crippen molar-refractivity contribution in [3.8, 4) is 0 Å². The van der Waals surface area contributed by atoms with Gasteiger partial charge in [-0.05, 0) is 52.4 Å². The van der Waals surface area contributed by atoms with Gasteiger partial charge in [0, 0.05) is 16.9 Å². The van der Waals surface area contributed by atoms with Crippen molar-refractivity contribution in [2.75, 3.05) is 10.6 Å². The highest BCUT2D eigenvalue weighted by atomic mass is 16.2. The first kappa shape index (κ1) is 24.0. The van der Waals surface area contributed by atoms with E-state index >= 15 is 0 Å². The number of hydrogen-bond donors (Lipinski definition) is 2. The smallest absolute Gasteiger partial charge is 0.255 e. The number of amides is 2. The summed E-state index contributed by atoms with van der Waals surface area (Å²) < 4.78 is 0. The van der Waals surface area contributed by atoms with Gasteiger partial charge in [0.25, 0.3) is 5.91 Å². The van der Waals surface area contributed by atoms with Gasteiger partial charge in [0.05, 0.1) is 5.92 Å². The van der Waals surface area contributed by atoms with Gasteiger partial charge >= 0.3 is 0 Å². The zero-order valence-electron chi connectivity index (χ0n) is 20.3. The van der Waals surface area contributed by atoms with E-state index in [9.17, 15) is 9.59 Å². The monoisotopic (exact) mass is 462 g/mol. The normalized spacial score (nSPS) is 11.2. The molecule has 2 amide bonds. The molecule has 0 fully saturated rings. The van der Waals surface area contributed by atoms with Crippen LogP contribution in [0.5, 0.6) is 0 Å². The molecule has 2 N–H and O–H groups in total. The fourth-order valence-corrected chi connectivity index (χ4v) is 4.00. The van der Waals surface area contributed by atoms with Gasteiger partial charge in [-0.3, -0.25) is 9.59 Å². The second kappa shape index (κ2) is 10.4. The van der Waals surface area contributed by atoms with Crippen molar-refractivity contribution in [2.45, 2.75) is 32.1 Å². The largest absolute Gasteiger partial charge is 0.325 e. The van der Waals surface area contributed by atoms with Gasteiger partial charge in [-0.25, -0.2) is 0 Å². The molecular formula is C31H30N2O2. The van der Waals surface area contributed by atoms with Crippen LogP contribution in [0.3, 0.4) is 0 Å². The Morgan fingerprint density at radius 1 is 0.629 bits per heavy atom. The van der Waals surface area contributed by atoms with Gasteiger partial charge in [0.15, 0.2) is 0 Å². The van der Waals surface area contributed by atoms with Crippen LogP contribution in [0.2, 0.25) is 0 Å². The van der Waals surface area contributed by atoms with Crippen LogP contribution in [0.4, 0.5) is 11.4 Å². The number of hydrogen-bond acceptors (Lipinski definition) is 2. The topological polar surface area (TPSA) is 58.2 Å². The third kappa shape index (κ3) is 6.04. The summed E-state index contributed by atoms with van der Waals surface area (Å²) in [5.41, 5.74) is 4.85. The minimum Gasteiger partial charge on any atom is -0.325 e. The molecule has 4 rings (SSSR count). The lowest BCUT2D eigenvalue weighted by Gasteiger charge is -2.19. The molecule has 0 aromatic heterocycles. The van der Waals surface area contributed by atoms with E-state index < -0.39 is 5.92 Å². The lowest BCUT2D eigenvalue weighted by Crippen LogP contribution is -2.22. The molecule has 35 heavy (non-hydrogen) atoms. The predicted molar refractivity (Wildman–Crippen MR) is 143 cm³/mol. The molecule has 0 aliphatic rings. The van der Waals surface area contributed by atoms with E-state index in [4.69, 9.17) is 0 Å². The SMILES string of the molecule is CC(C)(C)c1ccc(C(=O)Nc2cccc(NC(=O)C(c3ccccc3)c3ccccc3)c2)cc1. The summed E-state index contributed by atoms with van der Waals surface area (Å²) in [7, 11) is 0. The molecule has 4 aromatic rings. The summed E-state index contributed by atoms with van der Waals surface area (Å²) in [5.74, 6) is -0.777. The van der Waals surface area contributed by atoms with Crippen LogP contribution >= 0.6 is 0 Å². The van der Waals surface area contributed by atoms with Crippen LogP contribution in [-0.2, 0) is 10.2 Å². The maximum Gasteiger partial charge on any atom is 0.255 e. The lowest BCUT2D eigenvalue weighted by molar-refractivity contribution is -0.116. The Morgan fingerprint density at radius 3 is 1.66 bits per heavy atom. The molecule has 0 saturated carbocycles. The van der Waals surface area contributed by atoms with Gasteiger partial charge in [-0.2, -0.15) is 0 Å².